The molecule has 0 N–H and O–H groups in total. The molecule has 0 saturated carbocycles. The summed E-state index contributed by atoms with van der Waals surface area (Å²) >= 11 is 12.2. The molecular weight excluding hydrogens is 415 g/mol. The molecule has 0 spiro atoms. The van der Waals surface area contributed by atoms with E-state index in [0.717, 1.165) is 19.3 Å². The summed E-state index contributed by atoms with van der Waals surface area (Å²) in [4.78, 5) is 14.1. The molecule has 1 aliphatic rings. The molecular formula is C21H28Cl2N2O4. The highest BCUT2D eigenvalue weighted by Crippen LogP contribution is 2.36. The van der Waals surface area contributed by atoms with Crippen LogP contribution in [-0.2, 0) is 19.7 Å². The maximum absolute atomic E-state index is 12.8. The zero-order chi connectivity index (χ0) is 21.7. The third-order valence-electron chi connectivity index (χ3n) is 4.73. The Morgan fingerprint density at radius 2 is 2.03 bits per heavy atom. The van der Waals surface area contributed by atoms with Crippen molar-refractivity contribution in [1.82, 2.24) is 4.90 Å². The number of nitriles is 1. The van der Waals surface area contributed by atoms with Crippen LogP contribution in [-0.4, -0.2) is 43.1 Å². The van der Waals surface area contributed by atoms with E-state index >= 15 is 0 Å². The number of carbonyl (C=O) groups excluding carboxylic acids is 1. The second kappa shape index (κ2) is 9.99. The normalized spacial score (nSPS) is 19.1. The fourth-order valence-corrected chi connectivity index (χ4v) is 3.42. The molecule has 1 aromatic carbocycles. The van der Waals surface area contributed by atoms with Crippen LogP contribution in [0.15, 0.2) is 18.2 Å². The van der Waals surface area contributed by atoms with Crippen LogP contribution in [0.4, 0.5) is 4.79 Å². The van der Waals surface area contributed by atoms with Crippen molar-refractivity contribution in [2.75, 3.05) is 20.3 Å². The first-order valence-corrected chi connectivity index (χ1v) is 10.4. The molecule has 0 aliphatic carbocycles. The number of carbonyl (C=O) groups is 1. The Labute approximate surface area is 182 Å². The van der Waals surface area contributed by atoms with Gasteiger partial charge in [0.2, 0.25) is 0 Å². The van der Waals surface area contributed by atoms with Crippen LogP contribution in [0.2, 0.25) is 10.0 Å². The summed E-state index contributed by atoms with van der Waals surface area (Å²) in [5.41, 5.74) is -1.50. The molecule has 0 bridgehead atoms. The van der Waals surface area contributed by atoms with Crippen LogP contribution in [0, 0.1) is 11.3 Å². The average molecular weight is 443 g/mol. The van der Waals surface area contributed by atoms with Crippen LogP contribution in [0.3, 0.4) is 0 Å². The Balaban J connectivity index is 2.30. The van der Waals surface area contributed by atoms with Crippen LogP contribution >= 0.6 is 23.2 Å². The molecule has 2 atom stereocenters. The van der Waals surface area contributed by atoms with Crippen molar-refractivity contribution in [3.05, 3.63) is 33.8 Å². The van der Waals surface area contributed by atoms with Gasteiger partial charge < -0.3 is 14.2 Å². The predicted molar refractivity (Wildman–Crippen MR) is 112 cm³/mol. The van der Waals surface area contributed by atoms with Crippen LogP contribution in [0.5, 0.6) is 0 Å². The molecule has 1 aliphatic heterocycles. The fraction of sp³-hybridized carbons (Fsp3) is 0.619. The van der Waals surface area contributed by atoms with Crippen LogP contribution in [0.1, 0.15) is 52.0 Å². The van der Waals surface area contributed by atoms with Crippen LogP contribution in [0.25, 0.3) is 0 Å². The highest BCUT2D eigenvalue weighted by atomic mass is 35.5. The minimum Gasteiger partial charge on any atom is -0.444 e. The number of rotatable bonds is 6. The van der Waals surface area contributed by atoms with E-state index in [4.69, 9.17) is 37.4 Å². The molecule has 0 aromatic heterocycles. The van der Waals surface area contributed by atoms with Gasteiger partial charge in [-0.2, -0.15) is 5.26 Å². The van der Waals surface area contributed by atoms with Crippen molar-refractivity contribution in [1.29, 1.82) is 5.26 Å². The van der Waals surface area contributed by atoms with Gasteiger partial charge in [-0.15, -0.1) is 0 Å². The Hall–Kier alpha value is -1.52. The SMILES string of the molecule is CN(C(=O)OC(C)(C)C)C(C#N)(CCOC1CCCCO1)c1ccc(Cl)c(Cl)c1. The molecule has 1 fully saturated rings. The molecule has 29 heavy (non-hydrogen) atoms. The number of hydrogen-bond acceptors (Lipinski definition) is 5. The van der Waals surface area contributed by atoms with Crippen molar-refractivity contribution in [2.24, 2.45) is 0 Å². The molecule has 1 aromatic rings. The Morgan fingerprint density at radius 3 is 2.59 bits per heavy atom. The molecule has 2 rings (SSSR count). The number of hydrogen-bond donors (Lipinski definition) is 0. The Kier molecular flexibility index (Phi) is 8.18. The molecule has 6 nitrogen and oxygen atoms in total. The Morgan fingerprint density at radius 1 is 1.31 bits per heavy atom. The highest BCUT2D eigenvalue weighted by molar-refractivity contribution is 6.42. The molecule has 0 radical (unpaired) electrons. The number of benzene rings is 1. The first-order chi connectivity index (χ1) is 13.6. The first-order valence-electron chi connectivity index (χ1n) is 9.66. The van der Waals surface area contributed by atoms with Gasteiger partial charge in [-0.05, 0) is 57.7 Å². The summed E-state index contributed by atoms with van der Waals surface area (Å²) < 4.78 is 16.9. The molecule has 1 saturated heterocycles. The van der Waals surface area contributed by atoms with Gasteiger partial charge in [-0.3, -0.25) is 4.90 Å². The van der Waals surface area contributed by atoms with E-state index in [0.29, 0.717) is 22.2 Å². The standard InChI is InChI=1S/C21H28Cl2N2O4/c1-20(2,3)29-19(26)25(4)21(14-24,15-8-9-16(22)17(23)13-15)10-12-28-18-7-5-6-11-27-18/h8-9,13,18H,5-7,10-12H2,1-4H3. The lowest BCUT2D eigenvalue weighted by atomic mass is 9.87. The quantitative estimate of drug-likeness (QED) is 0.580. The van der Waals surface area contributed by atoms with Crippen molar-refractivity contribution in [3.63, 3.8) is 0 Å². The van der Waals surface area contributed by atoms with E-state index in [-0.39, 0.29) is 19.3 Å². The Bertz CT molecular complexity index is 754. The molecule has 1 heterocycles. The summed E-state index contributed by atoms with van der Waals surface area (Å²) in [6, 6.07) is 7.19. The van der Waals surface area contributed by atoms with Crippen molar-refractivity contribution >= 4 is 29.3 Å². The number of halogens is 2. The summed E-state index contributed by atoms with van der Waals surface area (Å²) in [6.07, 6.45) is 2.19. The van der Waals surface area contributed by atoms with Gasteiger partial charge in [0.15, 0.2) is 11.8 Å². The molecule has 1 amide bonds. The van der Waals surface area contributed by atoms with Crippen molar-refractivity contribution in [3.8, 4) is 6.07 Å². The van der Waals surface area contributed by atoms with E-state index in [1.807, 2.05) is 0 Å². The van der Waals surface area contributed by atoms with E-state index in [2.05, 4.69) is 6.07 Å². The number of ether oxygens (including phenoxy) is 3. The van der Waals surface area contributed by atoms with E-state index in [1.165, 1.54) is 11.9 Å². The van der Waals surface area contributed by atoms with Gasteiger partial charge in [-0.1, -0.05) is 29.3 Å². The van der Waals surface area contributed by atoms with E-state index in [1.54, 1.807) is 39.0 Å². The van der Waals surface area contributed by atoms with Crippen LogP contribution < -0.4 is 0 Å². The van der Waals surface area contributed by atoms with Gasteiger partial charge in [0, 0.05) is 20.1 Å². The minimum absolute atomic E-state index is 0.219. The van der Waals surface area contributed by atoms with E-state index in [9.17, 15) is 10.1 Å². The molecule has 2 unspecified atom stereocenters. The van der Waals surface area contributed by atoms with Gasteiger partial charge in [-0.25, -0.2) is 4.79 Å². The second-order valence-corrected chi connectivity index (χ2v) is 8.87. The van der Waals surface area contributed by atoms with Crippen molar-refractivity contribution in [2.45, 2.75) is 63.9 Å². The molecule has 160 valence electrons. The average Bonchev–Trinajstić information content (AvgIpc) is 2.67. The third kappa shape index (κ3) is 6.23. The summed E-state index contributed by atoms with van der Waals surface area (Å²) in [6.45, 7) is 6.21. The largest absolute Gasteiger partial charge is 0.444 e. The summed E-state index contributed by atoms with van der Waals surface area (Å²) in [5, 5.41) is 10.9. The van der Waals surface area contributed by atoms with Crippen molar-refractivity contribution < 1.29 is 19.0 Å². The highest BCUT2D eigenvalue weighted by Gasteiger charge is 2.42. The second-order valence-electron chi connectivity index (χ2n) is 8.06. The summed E-state index contributed by atoms with van der Waals surface area (Å²) in [7, 11) is 1.54. The summed E-state index contributed by atoms with van der Waals surface area (Å²) in [5.74, 6) is 0. The maximum atomic E-state index is 12.8. The topological polar surface area (TPSA) is 71.8 Å². The fourth-order valence-electron chi connectivity index (χ4n) is 3.12. The lowest BCUT2D eigenvalue weighted by molar-refractivity contribution is -0.165. The molecule has 8 heteroatoms. The zero-order valence-corrected chi connectivity index (χ0v) is 18.8. The monoisotopic (exact) mass is 442 g/mol. The lowest BCUT2D eigenvalue weighted by Gasteiger charge is -2.38. The smallest absolute Gasteiger partial charge is 0.411 e. The number of amides is 1. The zero-order valence-electron chi connectivity index (χ0n) is 17.3. The van der Waals surface area contributed by atoms with Gasteiger partial charge in [0.25, 0.3) is 0 Å². The van der Waals surface area contributed by atoms with Gasteiger partial charge in [0.05, 0.1) is 22.7 Å². The first kappa shape index (κ1) is 23.8. The van der Waals surface area contributed by atoms with Gasteiger partial charge in [0.1, 0.15) is 5.60 Å². The third-order valence-corrected chi connectivity index (χ3v) is 5.47. The minimum atomic E-state index is -1.34. The van der Waals surface area contributed by atoms with Gasteiger partial charge >= 0.3 is 6.09 Å². The maximum Gasteiger partial charge on any atom is 0.411 e. The number of nitrogens with zero attached hydrogens (tertiary/aromatic N) is 2. The predicted octanol–water partition coefficient (Wildman–Crippen LogP) is 5.51. The lowest BCUT2D eigenvalue weighted by Crippen LogP contribution is -2.49. The van der Waals surface area contributed by atoms with E-state index < -0.39 is 17.2 Å².